The Morgan fingerprint density at radius 2 is 1.90 bits per heavy atom. The van der Waals surface area contributed by atoms with Crippen LogP contribution >= 0.6 is 27.5 Å². The molecular weight excluding hydrogens is 352 g/mol. The van der Waals surface area contributed by atoms with Crippen molar-refractivity contribution in [3.8, 4) is 5.75 Å². The Labute approximate surface area is 128 Å². The lowest BCUT2D eigenvalue weighted by molar-refractivity contribution is 0.404. The van der Waals surface area contributed by atoms with Crippen molar-refractivity contribution in [3.05, 3.63) is 62.6 Å². The van der Waals surface area contributed by atoms with Crippen LogP contribution in [-0.4, -0.2) is 7.11 Å². The third-order valence-corrected chi connectivity index (χ3v) is 3.82. The molecule has 0 aliphatic heterocycles. The summed E-state index contributed by atoms with van der Waals surface area (Å²) in [6, 6.07) is 6.39. The Morgan fingerprint density at radius 3 is 2.50 bits per heavy atom. The van der Waals surface area contributed by atoms with Gasteiger partial charge in [-0.3, -0.25) is 0 Å². The molecule has 20 heavy (non-hydrogen) atoms. The first-order chi connectivity index (χ1) is 9.43. The lowest BCUT2D eigenvalue weighted by Crippen LogP contribution is -2.13. The third kappa shape index (κ3) is 2.95. The van der Waals surface area contributed by atoms with Gasteiger partial charge in [0.25, 0.3) is 0 Å². The summed E-state index contributed by atoms with van der Waals surface area (Å²) in [6.45, 7) is 0. The Bertz CT molecular complexity index is 651. The van der Waals surface area contributed by atoms with Crippen molar-refractivity contribution in [3.63, 3.8) is 0 Å². The molecule has 2 rings (SSSR count). The predicted molar refractivity (Wildman–Crippen MR) is 78.1 cm³/mol. The normalized spacial score (nSPS) is 12.3. The molecule has 2 aromatic rings. The van der Waals surface area contributed by atoms with Crippen LogP contribution in [0.4, 0.5) is 8.78 Å². The van der Waals surface area contributed by atoms with E-state index in [4.69, 9.17) is 22.1 Å². The molecule has 2 aromatic carbocycles. The van der Waals surface area contributed by atoms with E-state index in [1.807, 2.05) is 0 Å². The van der Waals surface area contributed by atoms with Gasteiger partial charge in [0.2, 0.25) is 0 Å². The number of methoxy groups -OCH3 is 1. The summed E-state index contributed by atoms with van der Waals surface area (Å²) in [5.74, 6) is -0.714. The number of benzene rings is 2. The minimum absolute atomic E-state index is 0.0215. The Balaban J connectivity index is 2.49. The fourth-order valence-corrected chi connectivity index (χ4v) is 2.33. The van der Waals surface area contributed by atoms with E-state index >= 15 is 0 Å². The van der Waals surface area contributed by atoms with Gasteiger partial charge in [-0.15, -0.1) is 0 Å². The first-order valence-electron chi connectivity index (χ1n) is 5.67. The number of halogens is 4. The van der Waals surface area contributed by atoms with E-state index in [0.29, 0.717) is 16.9 Å². The number of nitrogens with two attached hydrogens (primary N) is 1. The summed E-state index contributed by atoms with van der Waals surface area (Å²) in [5, 5.41) is 0.0215. The molecule has 0 saturated carbocycles. The second-order valence-corrected chi connectivity index (χ2v) is 5.42. The maximum absolute atomic E-state index is 13.5. The molecular formula is C14H11BrClF2NO. The highest BCUT2D eigenvalue weighted by Crippen LogP contribution is 2.33. The van der Waals surface area contributed by atoms with E-state index in [9.17, 15) is 8.78 Å². The third-order valence-electron chi connectivity index (χ3n) is 2.91. The number of hydrogen-bond acceptors (Lipinski definition) is 2. The van der Waals surface area contributed by atoms with Gasteiger partial charge in [-0.05, 0) is 39.7 Å². The van der Waals surface area contributed by atoms with E-state index in [0.717, 1.165) is 0 Å². The van der Waals surface area contributed by atoms with Crippen molar-refractivity contribution in [1.82, 2.24) is 0 Å². The van der Waals surface area contributed by atoms with Crippen molar-refractivity contribution >= 4 is 27.5 Å². The summed E-state index contributed by atoms with van der Waals surface area (Å²) in [6.07, 6.45) is 0. The Kier molecular flexibility index (Phi) is 4.62. The molecule has 1 unspecified atom stereocenters. The molecule has 0 aliphatic carbocycles. The molecule has 1 atom stereocenters. The van der Waals surface area contributed by atoms with Crippen LogP contribution in [0.5, 0.6) is 5.75 Å². The Morgan fingerprint density at radius 1 is 1.20 bits per heavy atom. The van der Waals surface area contributed by atoms with Gasteiger partial charge >= 0.3 is 0 Å². The molecule has 0 spiro atoms. The molecule has 106 valence electrons. The molecule has 0 amide bonds. The van der Waals surface area contributed by atoms with Crippen LogP contribution in [0.1, 0.15) is 17.2 Å². The molecule has 2 N–H and O–H groups in total. The zero-order chi connectivity index (χ0) is 14.9. The van der Waals surface area contributed by atoms with Crippen LogP contribution in [-0.2, 0) is 0 Å². The van der Waals surface area contributed by atoms with E-state index in [-0.39, 0.29) is 9.50 Å². The van der Waals surface area contributed by atoms with Gasteiger partial charge in [0.15, 0.2) is 0 Å². The van der Waals surface area contributed by atoms with Crippen LogP contribution in [0, 0.1) is 11.6 Å². The fourth-order valence-electron chi connectivity index (χ4n) is 1.85. The second kappa shape index (κ2) is 6.08. The minimum atomic E-state index is -0.659. The van der Waals surface area contributed by atoms with Gasteiger partial charge in [-0.1, -0.05) is 17.7 Å². The lowest BCUT2D eigenvalue weighted by Gasteiger charge is -2.17. The fraction of sp³-hybridized carbons (Fsp3) is 0.143. The van der Waals surface area contributed by atoms with Crippen LogP contribution in [0.2, 0.25) is 5.02 Å². The molecule has 0 saturated heterocycles. The summed E-state index contributed by atoms with van der Waals surface area (Å²) in [4.78, 5) is 0. The molecule has 0 aromatic heterocycles. The monoisotopic (exact) mass is 361 g/mol. The molecule has 0 radical (unpaired) electrons. The summed E-state index contributed by atoms with van der Waals surface area (Å²) in [7, 11) is 1.42. The molecule has 0 heterocycles. The van der Waals surface area contributed by atoms with Gasteiger partial charge in [0.1, 0.15) is 17.4 Å². The number of ether oxygens (including phenoxy) is 1. The van der Waals surface area contributed by atoms with Crippen LogP contribution in [0.15, 0.2) is 34.8 Å². The van der Waals surface area contributed by atoms with Crippen LogP contribution in [0.3, 0.4) is 0 Å². The number of rotatable bonds is 3. The van der Waals surface area contributed by atoms with E-state index < -0.39 is 17.7 Å². The predicted octanol–water partition coefficient (Wildman–Crippen LogP) is 4.44. The smallest absolute Gasteiger partial charge is 0.142 e. The van der Waals surface area contributed by atoms with Crippen molar-refractivity contribution < 1.29 is 13.5 Å². The van der Waals surface area contributed by atoms with Crippen LogP contribution < -0.4 is 10.5 Å². The zero-order valence-corrected chi connectivity index (χ0v) is 12.8. The molecule has 6 heteroatoms. The molecule has 2 nitrogen and oxygen atoms in total. The van der Waals surface area contributed by atoms with E-state index in [1.54, 1.807) is 6.07 Å². The van der Waals surface area contributed by atoms with Crippen molar-refractivity contribution in [2.24, 2.45) is 5.73 Å². The van der Waals surface area contributed by atoms with Crippen molar-refractivity contribution in [2.75, 3.05) is 7.11 Å². The van der Waals surface area contributed by atoms with E-state index in [2.05, 4.69) is 15.9 Å². The highest BCUT2D eigenvalue weighted by molar-refractivity contribution is 9.10. The van der Waals surface area contributed by atoms with Gasteiger partial charge in [0, 0.05) is 11.6 Å². The first kappa shape index (κ1) is 15.2. The summed E-state index contributed by atoms with van der Waals surface area (Å²) in [5.41, 5.74) is 7.16. The molecule has 0 bridgehead atoms. The minimum Gasteiger partial charge on any atom is -0.496 e. The van der Waals surface area contributed by atoms with E-state index in [1.165, 1.54) is 31.4 Å². The first-order valence-corrected chi connectivity index (χ1v) is 6.84. The summed E-state index contributed by atoms with van der Waals surface area (Å²) >= 11 is 8.73. The zero-order valence-electron chi connectivity index (χ0n) is 10.5. The van der Waals surface area contributed by atoms with Gasteiger partial charge < -0.3 is 10.5 Å². The molecule has 0 fully saturated rings. The SMILES string of the molecule is COc1cc(F)c(Br)cc1C(N)c1ccc(Cl)c(F)c1. The number of hydrogen-bond donors (Lipinski definition) is 1. The average molecular weight is 363 g/mol. The van der Waals surface area contributed by atoms with Gasteiger partial charge in [-0.25, -0.2) is 8.78 Å². The standard InChI is InChI=1S/C14H11BrClF2NO/c1-20-13-6-11(17)9(15)5-8(13)14(19)7-2-3-10(16)12(18)4-7/h2-6,14H,19H2,1H3. The summed E-state index contributed by atoms with van der Waals surface area (Å²) < 4.78 is 32.4. The quantitative estimate of drug-likeness (QED) is 0.876. The highest BCUT2D eigenvalue weighted by atomic mass is 79.9. The van der Waals surface area contributed by atoms with Crippen LogP contribution in [0.25, 0.3) is 0 Å². The Hall–Kier alpha value is -1.17. The maximum atomic E-state index is 13.5. The van der Waals surface area contributed by atoms with Crippen molar-refractivity contribution in [2.45, 2.75) is 6.04 Å². The second-order valence-electron chi connectivity index (χ2n) is 4.16. The maximum Gasteiger partial charge on any atom is 0.142 e. The largest absolute Gasteiger partial charge is 0.496 e. The van der Waals surface area contributed by atoms with Gasteiger partial charge in [0.05, 0.1) is 22.6 Å². The highest BCUT2D eigenvalue weighted by Gasteiger charge is 2.18. The van der Waals surface area contributed by atoms with Crippen molar-refractivity contribution in [1.29, 1.82) is 0 Å². The topological polar surface area (TPSA) is 35.2 Å². The van der Waals surface area contributed by atoms with Gasteiger partial charge in [-0.2, -0.15) is 0 Å². The average Bonchev–Trinajstić information content (AvgIpc) is 2.43. The lowest BCUT2D eigenvalue weighted by atomic mass is 9.98. The molecule has 0 aliphatic rings.